The van der Waals surface area contributed by atoms with Crippen molar-refractivity contribution in [2.45, 2.75) is 24.2 Å². The van der Waals surface area contributed by atoms with E-state index in [-0.39, 0.29) is 21.6 Å². The van der Waals surface area contributed by atoms with Gasteiger partial charge in [-0.3, -0.25) is 14.5 Å². The van der Waals surface area contributed by atoms with Crippen molar-refractivity contribution in [1.82, 2.24) is 19.4 Å². The highest BCUT2D eigenvalue weighted by Gasteiger charge is 2.34. The van der Waals surface area contributed by atoms with Gasteiger partial charge in [0.25, 0.3) is 5.91 Å². The molecule has 0 aromatic carbocycles. The summed E-state index contributed by atoms with van der Waals surface area (Å²) in [5.74, 6) is -0.283. The number of sulfonamides is 1. The molecule has 0 spiro atoms. The van der Waals surface area contributed by atoms with Crippen LogP contribution in [-0.4, -0.2) is 100 Å². The number of nitrogens with zero attached hydrogens (tertiary/aromatic N) is 3. The van der Waals surface area contributed by atoms with Gasteiger partial charge in [0.2, 0.25) is 15.9 Å². The Hall–Kier alpha value is -1.53. The molecular formula is C19H30N4O5S2. The molecule has 2 aliphatic rings. The first-order valence-corrected chi connectivity index (χ1v) is 12.6. The summed E-state index contributed by atoms with van der Waals surface area (Å²) in [6, 6.07) is 1.54. The summed E-state index contributed by atoms with van der Waals surface area (Å²) in [6.45, 7) is 4.61. The summed E-state index contributed by atoms with van der Waals surface area (Å²) in [5, 5.41) is 4.53. The first-order valence-electron chi connectivity index (χ1n) is 10.3. The molecule has 30 heavy (non-hydrogen) atoms. The van der Waals surface area contributed by atoms with E-state index in [1.807, 2.05) is 4.90 Å². The molecule has 3 rings (SSSR count). The van der Waals surface area contributed by atoms with E-state index < -0.39 is 10.0 Å². The number of piperazine rings is 1. The number of carbonyl (C=O) groups excluding carboxylic acids is 2. The van der Waals surface area contributed by atoms with Gasteiger partial charge in [0.15, 0.2) is 0 Å². The maximum absolute atomic E-state index is 13.0. The van der Waals surface area contributed by atoms with Crippen molar-refractivity contribution in [3.8, 4) is 0 Å². The van der Waals surface area contributed by atoms with Crippen LogP contribution in [0.4, 0.5) is 0 Å². The standard InChI is InChI=1S/C19H30N4O5S2/c1-28-13-4-6-20-17(24)15-21-9-11-22(12-10-21)19(25)18-16(5-14-29-18)30(26,27)23-7-2-3-8-23/h5,14H,2-4,6-13,15H2,1H3,(H,20,24). The fraction of sp³-hybridized carbons (Fsp3) is 0.684. The lowest BCUT2D eigenvalue weighted by molar-refractivity contribution is -0.122. The van der Waals surface area contributed by atoms with Gasteiger partial charge >= 0.3 is 0 Å². The average molecular weight is 459 g/mol. The first-order chi connectivity index (χ1) is 14.4. The van der Waals surface area contributed by atoms with Crippen molar-refractivity contribution in [2.24, 2.45) is 0 Å². The van der Waals surface area contributed by atoms with Crippen LogP contribution in [0.15, 0.2) is 16.3 Å². The van der Waals surface area contributed by atoms with Gasteiger partial charge in [0, 0.05) is 59.5 Å². The molecule has 168 valence electrons. The third-order valence-corrected chi connectivity index (χ3v) is 8.35. The number of carbonyl (C=O) groups is 2. The molecule has 0 radical (unpaired) electrons. The molecule has 1 N–H and O–H groups in total. The summed E-state index contributed by atoms with van der Waals surface area (Å²) < 4.78 is 32.2. The van der Waals surface area contributed by atoms with Crippen molar-refractivity contribution < 1.29 is 22.7 Å². The highest BCUT2D eigenvalue weighted by atomic mass is 32.2. The molecule has 0 atom stereocenters. The van der Waals surface area contributed by atoms with Crippen LogP contribution in [0, 0.1) is 0 Å². The lowest BCUT2D eigenvalue weighted by Gasteiger charge is -2.34. The second kappa shape index (κ2) is 10.7. The summed E-state index contributed by atoms with van der Waals surface area (Å²) in [5.41, 5.74) is 0. The Balaban J connectivity index is 1.53. The number of ether oxygens (including phenoxy) is 1. The van der Waals surface area contributed by atoms with E-state index in [1.54, 1.807) is 17.4 Å². The van der Waals surface area contributed by atoms with E-state index in [0.717, 1.165) is 19.3 Å². The predicted molar refractivity (Wildman–Crippen MR) is 114 cm³/mol. The van der Waals surface area contributed by atoms with Gasteiger partial charge in [-0.05, 0) is 30.7 Å². The molecule has 2 aliphatic heterocycles. The molecular weight excluding hydrogens is 428 g/mol. The number of amides is 2. The van der Waals surface area contributed by atoms with E-state index in [4.69, 9.17) is 4.74 Å². The van der Waals surface area contributed by atoms with Crippen LogP contribution in [0.25, 0.3) is 0 Å². The Labute approximate surface area is 182 Å². The molecule has 1 aromatic rings. The maximum Gasteiger partial charge on any atom is 0.265 e. The van der Waals surface area contributed by atoms with Crippen LogP contribution in [0.5, 0.6) is 0 Å². The van der Waals surface area contributed by atoms with Gasteiger partial charge in [-0.2, -0.15) is 4.31 Å². The van der Waals surface area contributed by atoms with Gasteiger partial charge in [-0.1, -0.05) is 0 Å². The number of hydrogen-bond donors (Lipinski definition) is 1. The summed E-state index contributed by atoms with van der Waals surface area (Å²) in [4.78, 5) is 29.1. The number of thiophene rings is 1. The zero-order chi connectivity index (χ0) is 21.6. The molecule has 3 heterocycles. The van der Waals surface area contributed by atoms with E-state index in [2.05, 4.69) is 5.32 Å². The van der Waals surface area contributed by atoms with Crippen LogP contribution in [0.3, 0.4) is 0 Å². The van der Waals surface area contributed by atoms with Crippen molar-refractivity contribution in [3.05, 3.63) is 16.3 Å². The average Bonchev–Trinajstić information content (AvgIpc) is 3.44. The van der Waals surface area contributed by atoms with Crippen molar-refractivity contribution >= 4 is 33.2 Å². The molecule has 0 bridgehead atoms. The molecule has 0 saturated carbocycles. The highest BCUT2D eigenvalue weighted by molar-refractivity contribution is 7.89. The molecule has 2 saturated heterocycles. The zero-order valence-electron chi connectivity index (χ0n) is 17.3. The summed E-state index contributed by atoms with van der Waals surface area (Å²) in [6.07, 6.45) is 2.48. The second-order valence-corrected chi connectivity index (χ2v) is 10.3. The Bertz CT molecular complexity index is 828. The zero-order valence-corrected chi connectivity index (χ0v) is 19.0. The van der Waals surface area contributed by atoms with Gasteiger partial charge < -0.3 is 15.0 Å². The summed E-state index contributed by atoms with van der Waals surface area (Å²) >= 11 is 1.18. The second-order valence-electron chi connectivity index (χ2n) is 7.49. The minimum atomic E-state index is -3.63. The van der Waals surface area contributed by atoms with Crippen LogP contribution in [0.2, 0.25) is 0 Å². The quantitative estimate of drug-likeness (QED) is 0.539. The van der Waals surface area contributed by atoms with Gasteiger partial charge in [0.05, 0.1) is 6.54 Å². The third-order valence-electron chi connectivity index (χ3n) is 5.38. The van der Waals surface area contributed by atoms with E-state index >= 15 is 0 Å². The minimum absolute atomic E-state index is 0.0388. The maximum atomic E-state index is 13.0. The fourth-order valence-electron chi connectivity index (χ4n) is 3.68. The molecule has 1 aromatic heterocycles. The highest BCUT2D eigenvalue weighted by Crippen LogP contribution is 2.28. The Morgan fingerprint density at radius 2 is 1.83 bits per heavy atom. The van der Waals surface area contributed by atoms with Crippen LogP contribution in [-0.2, 0) is 19.6 Å². The van der Waals surface area contributed by atoms with E-state index in [0.29, 0.717) is 59.0 Å². The lowest BCUT2D eigenvalue weighted by atomic mass is 10.3. The molecule has 2 fully saturated rings. The predicted octanol–water partition coefficient (Wildman–Crippen LogP) is 0.443. The van der Waals surface area contributed by atoms with Crippen LogP contribution < -0.4 is 5.32 Å². The van der Waals surface area contributed by atoms with Crippen molar-refractivity contribution in [1.29, 1.82) is 0 Å². The fourth-order valence-corrected chi connectivity index (χ4v) is 6.56. The number of methoxy groups -OCH3 is 1. The number of nitrogens with one attached hydrogen (secondary N) is 1. The monoisotopic (exact) mass is 458 g/mol. The Morgan fingerprint density at radius 1 is 1.13 bits per heavy atom. The smallest absolute Gasteiger partial charge is 0.265 e. The van der Waals surface area contributed by atoms with Crippen molar-refractivity contribution in [3.63, 3.8) is 0 Å². The minimum Gasteiger partial charge on any atom is -0.385 e. The van der Waals surface area contributed by atoms with Crippen LogP contribution in [0.1, 0.15) is 28.9 Å². The summed E-state index contributed by atoms with van der Waals surface area (Å²) in [7, 11) is -2.00. The third kappa shape index (κ3) is 5.58. The topological polar surface area (TPSA) is 99.3 Å². The molecule has 0 unspecified atom stereocenters. The number of rotatable bonds is 9. The lowest BCUT2D eigenvalue weighted by Crippen LogP contribution is -2.51. The molecule has 11 heteroatoms. The van der Waals surface area contributed by atoms with Crippen molar-refractivity contribution in [2.75, 3.05) is 66.1 Å². The molecule has 0 aliphatic carbocycles. The van der Waals surface area contributed by atoms with Gasteiger partial charge in [-0.15, -0.1) is 11.3 Å². The first kappa shape index (κ1) is 23.1. The van der Waals surface area contributed by atoms with Gasteiger partial charge in [-0.25, -0.2) is 8.42 Å². The largest absolute Gasteiger partial charge is 0.385 e. The van der Waals surface area contributed by atoms with E-state index in [9.17, 15) is 18.0 Å². The number of hydrogen-bond acceptors (Lipinski definition) is 7. The molecule has 2 amide bonds. The van der Waals surface area contributed by atoms with E-state index in [1.165, 1.54) is 21.7 Å². The van der Waals surface area contributed by atoms with Crippen LogP contribution >= 0.6 is 11.3 Å². The SMILES string of the molecule is COCCCNC(=O)CN1CCN(C(=O)c2sccc2S(=O)(=O)N2CCCC2)CC1. The van der Waals surface area contributed by atoms with Gasteiger partial charge in [0.1, 0.15) is 9.77 Å². The molecule has 9 nitrogen and oxygen atoms in total. The normalized spacial score (nSPS) is 18.6. The Morgan fingerprint density at radius 3 is 2.50 bits per heavy atom. The Kier molecular flexibility index (Phi) is 8.23.